The van der Waals surface area contributed by atoms with Crippen molar-refractivity contribution < 1.29 is 24.0 Å². The molecule has 7 heteroatoms. The molecule has 162 valence electrons. The van der Waals surface area contributed by atoms with Crippen molar-refractivity contribution in [2.24, 2.45) is 34.7 Å². The van der Waals surface area contributed by atoms with E-state index in [9.17, 15) is 14.4 Å². The smallest absolute Gasteiger partial charge is 0.238 e. The Balaban J connectivity index is 1.30. The summed E-state index contributed by atoms with van der Waals surface area (Å²) in [6.45, 7) is 1.49. The van der Waals surface area contributed by atoms with Gasteiger partial charge in [0.1, 0.15) is 11.9 Å². The maximum Gasteiger partial charge on any atom is 0.238 e. The van der Waals surface area contributed by atoms with Gasteiger partial charge >= 0.3 is 0 Å². The fraction of sp³-hybridized carbons (Fsp3) is 0.360. The topological polar surface area (TPSA) is 85.3 Å². The Labute approximate surface area is 185 Å². The molecule has 0 unspecified atom stereocenters. The van der Waals surface area contributed by atoms with Gasteiger partial charge in [0.05, 0.1) is 30.3 Å². The number of ether oxygens (including phenoxy) is 1. The SMILES string of the molecule is COc1ccc(C2=NO[C@@H]3[C@H]4C[C@@H]([C@H]23)[C@@H]2C(=O)N(c3ccc(C(C)=O)cc3)C(=O)[C@H]42)cc1. The molecule has 2 amide bonds. The average molecular weight is 430 g/mol. The van der Waals surface area contributed by atoms with Crippen LogP contribution in [-0.2, 0) is 14.4 Å². The second kappa shape index (κ2) is 6.76. The molecule has 4 aliphatic rings. The number of hydrogen-bond donors (Lipinski definition) is 0. The molecular formula is C25H22N2O5. The van der Waals surface area contributed by atoms with Crippen molar-refractivity contribution in [1.82, 2.24) is 0 Å². The first-order valence-corrected chi connectivity index (χ1v) is 10.9. The van der Waals surface area contributed by atoms with Crippen LogP contribution in [0.3, 0.4) is 0 Å². The third-order valence-corrected chi connectivity index (χ3v) is 7.61. The van der Waals surface area contributed by atoms with Crippen molar-refractivity contribution >= 4 is 29.0 Å². The summed E-state index contributed by atoms with van der Waals surface area (Å²) in [5.41, 5.74) is 2.88. The molecule has 0 spiro atoms. The van der Waals surface area contributed by atoms with Crippen LogP contribution in [0.1, 0.15) is 29.3 Å². The lowest BCUT2D eigenvalue weighted by Gasteiger charge is -2.29. The van der Waals surface area contributed by atoms with Crippen molar-refractivity contribution in [3.63, 3.8) is 0 Å². The number of carbonyl (C=O) groups excluding carboxylic acids is 3. The molecule has 3 fully saturated rings. The van der Waals surface area contributed by atoms with E-state index in [0.29, 0.717) is 11.3 Å². The van der Waals surface area contributed by atoms with E-state index in [-0.39, 0.29) is 53.3 Å². The maximum absolute atomic E-state index is 13.5. The van der Waals surface area contributed by atoms with E-state index in [2.05, 4.69) is 5.16 Å². The molecule has 2 saturated carbocycles. The number of amides is 2. The number of fused-ring (bicyclic) bond motifs is 8. The largest absolute Gasteiger partial charge is 0.497 e. The first kappa shape index (κ1) is 19.2. The molecule has 2 aromatic carbocycles. The number of imide groups is 1. The Kier molecular flexibility index (Phi) is 4.06. The molecule has 2 aliphatic heterocycles. The molecule has 2 heterocycles. The number of benzene rings is 2. The number of methoxy groups -OCH3 is 1. The van der Waals surface area contributed by atoms with E-state index in [1.807, 2.05) is 24.3 Å². The summed E-state index contributed by atoms with van der Waals surface area (Å²) in [7, 11) is 1.62. The number of anilines is 1. The van der Waals surface area contributed by atoms with Crippen LogP contribution in [0.15, 0.2) is 53.7 Å². The average Bonchev–Trinajstić information content (AvgIpc) is 3.54. The second-order valence-electron chi connectivity index (χ2n) is 9.03. The van der Waals surface area contributed by atoms with Crippen LogP contribution >= 0.6 is 0 Å². The van der Waals surface area contributed by atoms with Gasteiger partial charge in [-0.05, 0) is 67.8 Å². The van der Waals surface area contributed by atoms with E-state index in [0.717, 1.165) is 23.4 Å². The van der Waals surface area contributed by atoms with Gasteiger partial charge in [0.15, 0.2) is 5.78 Å². The van der Waals surface area contributed by atoms with Crippen LogP contribution in [0.5, 0.6) is 5.75 Å². The highest BCUT2D eigenvalue weighted by atomic mass is 16.6. The van der Waals surface area contributed by atoms with Crippen LogP contribution in [0, 0.1) is 29.6 Å². The van der Waals surface area contributed by atoms with Crippen molar-refractivity contribution in [3.8, 4) is 5.75 Å². The van der Waals surface area contributed by atoms with Gasteiger partial charge in [0, 0.05) is 23.0 Å². The Hall–Kier alpha value is -3.48. The fourth-order valence-electron chi connectivity index (χ4n) is 6.23. The van der Waals surface area contributed by atoms with Crippen LogP contribution < -0.4 is 9.64 Å². The van der Waals surface area contributed by atoms with Crippen LogP contribution in [0.2, 0.25) is 0 Å². The molecule has 2 aliphatic carbocycles. The predicted octanol–water partition coefficient (Wildman–Crippen LogP) is 3.07. The molecule has 6 rings (SSSR count). The van der Waals surface area contributed by atoms with E-state index >= 15 is 0 Å². The Morgan fingerprint density at radius 3 is 2.25 bits per heavy atom. The van der Waals surface area contributed by atoms with Gasteiger partial charge in [-0.3, -0.25) is 19.3 Å². The first-order chi connectivity index (χ1) is 15.5. The highest BCUT2D eigenvalue weighted by Gasteiger charge is 2.70. The minimum atomic E-state index is -0.369. The van der Waals surface area contributed by atoms with Crippen LogP contribution in [0.4, 0.5) is 5.69 Å². The Morgan fingerprint density at radius 2 is 1.62 bits per heavy atom. The molecule has 2 aromatic rings. The standard InChI is InChI=1S/C25H22N2O5/c1-12(28)13-3-7-15(8-4-13)27-24(29)19-17-11-18(20(19)25(27)30)23-21(17)22(26-32-23)14-5-9-16(31-2)10-6-14/h3-10,17-21,23H,11H2,1-2H3/t17-,18+,19+,20-,21-,23-/m1/s1. The molecule has 2 bridgehead atoms. The zero-order chi connectivity index (χ0) is 22.1. The number of nitrogens with zero attached hydrogens (tertiary/aromatic N) is 2. The molecule has 0 aromatic heterocycles. The number of ketones is 1. The van der Waals surface area contributed by atoms with Crippen molar-refractivity contribution in [2.75, 3.05) is 12.0 Å². The summed E-state index contributed by atoms with van der Waals surface area (Å²) in [5, 5.41) is 4.38. The van der Waals surface area contributed by atoms with E-state index < -0.39 is 0 Å². The van der Waals surface area contributed by atoms with Crippen LogP contribution in [0.25, 0.3) is 0 Å². The number of oxime groups is 1. The Morgan fingerprint density at radius 1 is 0.969 bits per heavy atom. The van der Waals surface area contributed by atoms with Crippen molar-refractivity contribution in [1.29, 1.82) is 0 Å². The number of rotatable bonds is 4. The maximum atomic E-state index is 13.5. The number of Topliss-reactive ketones (excluding diaryl/α,β-unsaturated/α-hetero) is 1. The molecule has 32 heavy (non-hydrogen) atoms. The molecule has 7 nitrogen and oxygen atoms in total. The minimum Gasteiger partial charge on any atom is -0.497 e. The number of hydrogen-bond acceptors (Lipinski definition) is 6. The van der Waals surface area contributed by atoms with Gasteiger partial charge in [0.2, 0.25) is 11.8 Å². The highest BCUT2D eigenvalue weighted by Crippen LogP contribution is 2.62. The van der Waals surface area contributed by atoms with Gasteiger partial charge in [-0.1, -0.05) is 5.16 Å². The molecule has 1 saturated heterocycles. The van der Waals surface area contributed by atoms with E-state index in [1.165, 1.54) is 11.8 Å². The highest BCUT2D eigenvalue weighted by molar-refractivity contribution is 6.23. The summed E-state index contributed by atoms with van der Waals surface area (Å²) in [6.07, 6.45) is 0.629. The summed E-state index contributed by atoms with van der Waals surface area (Å²) in [6, 6.07) is 14.4. The van der Waals surface area contributed by atoms with Crippen molar-refractivity contribution in [2.45, 2.75) is 19.4 Å². The van der Waals surface area contributed by atoms with Gasteiger partial charge in [-0.25, -0.2) is 0 Å². The van der Waals surface area contributed by atoms with Crippen LogP contribution in [-0.4, -0.2) is 36.5 Å². The summed E-state index contributed by atoms with van der Waals surface area (Å²) >= 11 is 0. The summed E-state index contributed by atoms with van der Waals surface area (Å²) < 4.78 is 5.25. The van der Waals surface area contributed by atoms with Gasteiger partial charge in [0.25, 0.3) is 0 Å². The second-order valence-corrected chi connectivity index (χ2v) is 9.03. The predicted molar refractivity (Wildman–Crippen MR) is 115 cm³/mol. The third kappa shape index (κ3) is 2.48. The normalized spacial score (nSPS) is 31.9. The van der Waals surface area contributed by atoms with Gasteiger partial charge in [-0.2, -0.15) is 0 Å². The lowest BCUT2D eigenvalue weighted by molar-refractivity contribution is -0.125. The minimum absolute atomic E-state index is 0.00596. The fourth-order valence-corrected chi connectivity index (χ4v) is 6.23. The first-order valence-electron chi connectivity index (χ1n) is 10.9. The third-order valence-electron chi connectivity index (χ3n) is 7.61. The molecule has 0 N–H and O–H groups in total. The molecule has 0 radical (unpaired) electrons. The zero-order valence-corrected chi connectivity index (χ0v) is 17.7. The quantitative estimate of drug-likeness (QED) is 0.550. The lowest BCUT2D eigenvalue weighted by atomic mass is 9.71. The summed E-state index contributed by atoms with van der Waals surface area (Å²) in [5.74, 6) is -0.319. The lowest BCUT2D eigenvalue weighted by Crippen LogP contribution is -2.41. The van der Waals surface area contributed by atoms with E-state index in [4.69, 9.17) is 9.57 Å². The molecule has 6 atom stereocenters. The molecular weight excluding hydrogens is 408 g/mol. The summed E-state index contributed by atoms with van der Waals surface area (Å²) in [4.78, 5) is 45.5. The van der Waals surface area contributed by atoms with Crippen molar-refractivity contribution in [3.05, 3.63) is 59.7 Å². The van der Waals surface area contributed by atoms with Gasteiger partial charge in [-0.15, -0.1) is 0 Å². The monoisotopic (exact) mass is 430 g/mol. The van der Waals surface area contributed by atoms with E-state index in [1.54, 1.807) is 31.4 Å². The Bertz CT molecular complexity index is 1170. The van der Waals surface area contributed by atoms with Gasteiger partial charge < -0.3 is 9.57 Å². The number of carbonyl (C=O) groups is 3. The zero-order valence-electron chi connectivity index (χ0n) is 17.7.